The summed E-state index contributed by atoms with van der Waals surface area (Å²) in [6, 6.07) is 8.73. The minimum absolute atomic E-state index is 0.230. The quantitative estimate of drug-likeness (QED) is 0.839. The summed E-state index contributed by atoms with van der Waals surface area (Å²) < 4.78 is 28.8. The molecule has 0 saturated carbocycles. The van der Waals surface area contributed by atoms with Crippen molar-refractivity contribution in [3.63, 3.8) is 0 Å². The Labute approximate surface area is 133 Å². The van der Waals surface area contributed by atoms with Gasteiger partial charge in [-0.3, -0.25) is 0 Å². The number of nitrogens with zero attached hydrogens (tertiary/aromatic N) is 2. The standard InChI is InChI=1S/C17H24N2O2S/c20-22(21,18-11-3-4-12-18)19-13-9-17(10-14-19)8-7-15-5-1-2-6-16(15)17/h1-2,5-6H,3-4,7-14H2. The molecule has 0 N–H and O–H groups in total. The van der Waals surface area contributed by atoms with E-state index in [0.29, 0.717) is 26.2 Å². The maximum atomic E-state index is 12.7. The number of hydrogen-bond donors (Lipinski definition) is 0. The van der Waals surface area contributed by atoms with Crippen molar-refractivity contribution in [1.29, 1.82) is 0 Å². The Balaban J connectivity index is 1.52. The molecule has 0 atom stereocenters. The Morgan fingerprint density at radius 2 is 1.50 bits per heavy atom. The number of piperidine rings is 1. The molecule has 1 spiro atoms. The van der Waals surface area contributed by atoms with Crippen LogP contribution in [0.4, 0.5) is 0 Å². The molecule has 2 saturated heterocycles. The minimum Gasteiger partial charge on any atom is -0.195 e. The van der Waals surface area contributed by atoms with E-state index in [1.807, 2.05) is 0 Å². The monoisotopic (exact) mass is 320 g/mol. The van der Waals surface area contributed by atoms with Crippen molar-refractivity contribution >= 4 is 10.2 Å². The van der Waals surface area contributed by atoms with Gasteiger partial charge < -0.3 is 0 Å². The van der Waals surface area contributed by atoms with Crippen molar-refractivity contribution in [1.82, 2.24) is 8.61 Å². The summed E-state index contributed by atoms with van der Waals surface area (Å²) in [5, 5.41) is 0. The van der Waals surface area contributed by atoms with Gasteiger partial charge in [0.05, 0.1) is 0 Å². The molecule has 120 valence electrons. The van der Waals surface area contributed by atoms with E-state index in [-0.39, 0.29) is 5.41 Å². The van der Waals surface area contributed by atoms with Crippen molar-refractivity contribution in [2.45, 2.75) is 43.9 Å². The molecule has 2 heterocycles. The fraction of sp³-hybridized carbons (Fsp3) is 0.647. The van der Waals surface area contributed by atoms with Crippen LogP contribution in [0.15, 0.2) is 24.3 Å². The fourth-order valence-electron chi connectivity index (χ4n) is 4.51. The summed E-state index contributed by atoms with van der Waals surface area (Å²) in [7, 11) is -3.22. The molecule has 0 unspecified atom stereocenters. The molecule has 1 aromatic rings. The van der Waals surface area contributed by atoms with E-state index in [2.05, 4.69) is 24.3 Å². The van der Waals surface area contributed by atoms with Crippen LogP contribution in [0.3, 0.4) is 0 Å². The molecule has 0 amide bonds. The summed E-state index contributed by atoms with van der Waals surface area (Å²) in [6.07, 6.45) is 6.28. The second-order valence-corrected chi connectivity index (χ2v) is 8.88. The highest BCUT2D eigenvalue weighted by Crippen LogP contribution is 2.46. The van der Waals surface area contributed by atoms with Crippen LogP contribution in [0, 0.1) is 0 Å². The third-order valence-electron chi connectivity index (χ3n) is 5.86. The van der Waals surface area contributed by atoms with Gasteiger partial charge in [-0.2, -0.15) is 17.0 Å². The second-order valence-electron chi connectivity index (χ2n) is 6.95. The maximum Gasteiger partial charge on any atom is 0.281 e. The van der Waals surface area contributed by atoms with Gasteiger partial charge in [-0.1, -0.05) is 24.3 Å². The van der Waals surface area contributed by atoms with E-state index in [4.69, 9.17) is 0 Å². The fourth-order valence-corrected chi connectivity index (χ4v) is 6.20. The molecule has 0 bridgehead atoms. The van der Waals surface area contributed by atoms with Gasteiger partial charge in [-0.15, -0.1) is 0 Å². The van der Waals surface area contributed by atoms with Gasteiger partial charge >= 0.3 is 0 Å². The summed E-state index contributed by atoms with van der Waals surface area (Å²) >= 11 is 0. The lowest BCUT2D eigenvalue weighted by Gasteiger charge is -2.40. The molecule has 0 aromatic heterocycles. The van der Waals surface area contributed by atoms with Gasteiger partial charge in [0.25, 0.3) is 10.2 Å². The van der Waals surface area contributed by atoms with Gasteiger partial charge in [0, 0.05) is 26.2 Å². The van der Waals surface area contributed by atoms with Crippen LogP contribution in [-0.4, -0.2) is 43.2 Å². The first kappa shape index (κ1) is 14.7. The van der Waals surface area contributed by atoms with Crippen molar-refractivity contribution in [3.05, 3.63) is 35.4 Å². The Kier molecular flexibility index (Phi) is 3.55. The maximum absolute atomic E-state index is 12.7. The number of hydrogen-bond acceptors (Lipinski definition) is 2. The number of aryl methyl sites for hydroxylation is 1. The smallest absolute Gasteiger partial charge is 0.195 e. The third kappa shape index (κ3) is 2.22. The van der Waals surface area contributed by atoms with Gasteiger partial charge in [0.1, 0.15) is 0 Å². The highest BCUT2D eigenvalue weighted by Gasteiger charge is 2.44. The summed E-state index contributed by atoms with van der Waals surface area (Å²) in [6.45, 7) is 2.75. The molecule has 22 heavy (non-hydrogen) atoms. The number of benzene rings is 1. The third-order valence-corrected chi connectivity index (χ3v) is 7.89. The van der Waals surface area contributed by atoms with Crippen molar-refractivity contribution in [2.24, 2.45) is 0 Å². The van der Waals surface area contributed by atoms with E-state index < -0.39 is 10.2 Å². The largest absolute Gasteiger partial charge is 0.281 e. The first-order valence-electron chi connectivity index (χ1n) is 8.45. The van der Waals surface area contributed by atoms with E-state index in [0.717, 1.165) is 32.1 Å². The predicted octanol–water partition coefficient (Wildman–Crippen LogP) is 2.31. The molecule has 3 aliphatic rings. The average molecular weight is 320 g/mol. The zero-order valence-electron chi connectivity index (χ0n) is 13.0. The van der Waals surface area contributed by atoms with E-state index in [1.165, 1.54) is 17.5 Å². The first-order valence-corrected chi connectivity index (χ1v) is 9.85. The van der Waals surface area contributed by atoms with Crippen molar-refractivity contribution in [3.8, 4) is 0 Å². The molecule has 2 aliphatic heterocycles. The number of rotatable bonds is 2. The molecule has 1 aliphatic carbocycles. The Morgan fingerprint density at radius 3 is 2.23 bits per heavy atom. The molecule has 2 fully saturated rings. The molecule has 4 rings (SSSR count). The van der Waals surface area contributed by atoms with Gasteiger partial charge in [-0.05, 0) is 55.1 Å². The zero-order chi connectivity index (χ0) is 15.2. The van der Waals surface area contributed by atoms with Crippen molar-refractivity contribution < 1.29 is 8.42 Å². The average Bonchev–Trinajstić information content (AvgIpc) is 3.18. The zero-order valence-corrected chi connectivity index (χ0v) is 13.8. The molecule has 4 nitrogen and oxygen atoms in total. The molecule has 0 radical (unpaired) electrons. The lowest BCUT2D eigenvalue weighted by atomic mass is 9.74. The van der Waals surface area contributed by atoms with Crippen LogP contribution in [-0.2, 0) is 22.0 Å². The topological polar surface area (TPSA) is 40.6 Å². The van der Waals surface area contributed by atoms with E-state index in [1.54, 1.807) is 8.61 Å². The van der Waals surface area contributed by atoms with Crippen LogP contribution in [0.1, 0.15) is 43.2 Å². The summed E-state index contributed by atoms with van der Waals surface area (Å²) in [4.78, 5) is 0. The Morgan fingerprint density at radius 1 is 0.864 bits per heavy atom. The van der Waals surface area contributed by atoms with Gasteiger partial charge in [0.2, 0.25) is 0 Å². The van der Waals surface area contributed by atoms with Crippen molar-refractivity contribution in [2.75, 3.05) is 26.2 Å². The normalized spacial score (nSPS) is 25.6. The van der Waals surface area contributed by atoms with Crippen LogP contribution in [0.5, 0.6) is 0 Å². The van der Waals surface area contributed by atoms with Crippen LogP contribution in [0.25, 0.3) is 0 Å². The SMILES string of the molecule is O=S(=O)(N1CCCC1)N1CCC2(CCc3ccccc32)CC1. The van der Waals surface area contributed by atoms with Crippen LogP contribution in [0.2, 0.25) is 0 Å². The summed E-state index contributed by atoms with van der Waals surface area (Å²) in [5.74, 6) is 0. The Bertz CT molecular complexity index is 657. The molecule has 1 aromatic carbocycles. The van der Waals surface area contributed by atoms with Crippen LogP contribution >= 0.6 is 0 Å². The first-order chi connectivity index (χ1) is 10.6. The highest BCUT2D eigenvalue weighted by atomic mass is 32.2. The molecular formula is C17H24N2O2S. The number of fused-ring (bicyclic) bond motifs is 2. The van der Waals surface area contributed by atoms with E-state index >= 15 is 0 Å². The second kappa shape index (κ2) is 5.32. The van der Waals surface area contributed by atoms with Crippen LogP contribution < -0.4 is 0 Å². The summed E-state index contributed by atoms with van der Waals surface area (Å²) in [5.41, 5.74) is 3.18. The van der Waals surface area contributed by atoms with E-state index in [9.17, 15) is 8.42 Å². The van der Waals surface area contributed by atoms with Gasteiger partial charge in [-0.25, -0.2) is 0 Å². The Hall–Kier alpha value is -0.910. The van der Waals surface area contributed by atoms with Gasteiger partial charge in [0.15, 0.2) is 0 Å². The predicted molar refractivity (Wildman–Crippen MR) is 87.0 cm³/mol. The lowest BCUT2D eigenvalue weighted by molar-refractivity contribution is 0.222. The minimum atomic E-state index is -3.22. The highest BCUT2D eigenvalue weighted by molar-refractivity contribution is 7.86. The molecule has 5 heteroatoms. The lowest BCUT2D eigenvalue weighted by Crippen LogP contribution is -2.49. The molecular weight excluding hydrogens is 296 g/mol.